The third kappa shape index (κ3) is 7.01. The minimum absolute atomic E-state index is 0.0673. The molecule has 2 aromatic carbocycles. The number of sulfonamides is 1. The van der Waals surface area contributed by atoms with Crippen molar-refractivity contribution in [3.8, 4) is 0 Å². The summed E-state index contributed by atoms with van der Waals surface area (Å²) in [5, 5.41) is 1.73. The number of benzene rings is 2. The van der Waals surface area contributed by atoms with E-state index in [0.717, 1.165) is 5.56 Å². The maximum absolute atomic E-state index is 13.0. The predicted octanol–water partition coefficient (Wildman–Crippen LogP) is 3.06. The van der Waals surface area contributed by atoms with Crippen LogP contribution in [0.2, 0.25) is 0 Å². The summed E-state index contributed by atoms with van der Waals surface area (Å²) < 4.78 is 77.5. The fourth-order valence-corrected chi connectivity index (χ4v) is 4.72. The molecule has 1 heterocycles. The number of amides is 1. The molecule has 0 unspecified atom stereocenters. The van der Waals surface area contributed by atoms with E-state index in [1.54, 1.807) is 17.4 Å². The Kier molecular flexibility index (Phi) is 7.52. The van der Waals surface area contributed by atoms with Crippen molar-refractivity contribution in [2.45, 2.75) is 36.5 Å². The van der Waals surface area contributed by atoms with Crippen LogP contribution in [-0.4, -0.2) is 51.1 Å². The third-order valence-electron chi connectivity index (χ3n) is 5.11. The van der Waals surface area contributed by atoms with Gasteiger partial charge in [-0.15, -0.1) is 0 Å². The van der Waals surface area contributed by atoms with Gasteiger partial charge in [-0.25, -0.2) is 17.5 Å². The summed E-state index contributed by atoms with van der Waals surface area (Å²) in [5.74, 6) is -1.23. The Morgan fingerprint density at radius 2 is 1.59 bits per heavy atom. The quantitative estimate of drug-likeness (QED) is 0.606. The molecule has 2 N–H and O–H groups in total. The van der Waals surface area contributed by atoms with Gasteiger partial charge in [0.05, 0.1) is 4.90 Å². The Hall–Kier alpha value is -2.50. The molecule has 0 bridgehead atoms. The lowest BCUT2D eigenvalue weighted by Crippen LogP contribution is -2.44. The van der Waals surface area contributed by atoms with Crippen LogP contribution in [0.3, 0.4) is 0 Å². The summed E-state index contributed by atoms with van der Waals surface area (Å²) >= 11 is 0. The van der Waals surface area contributed by atoms with Crippen molar-refractivity contribution in [3.63, 3.8) is 0 Å². The maximum Gasteiger partial charge on any atom is 0.405 e. The molecule has 0 spiro atoms. The molecule has 0 aromatic heterocycles. The van der Waals surface area contributed by atoms with Crippen LogP contribution in [0.1, 0.15) is 28.8 Å². The molecule has 6 nitrogen and oxygen atoms in total. The highest BCUT2D eigenvalue weighted by molar-refractivity contribution is 7.89. The van der Waals surface area contributed by atoms with Crippen LogP contribution in [0.4, 0.5) is 17.6 Å². The average molecular weight is 473 g/mol. The molecule has 1 aliphatic rings. The molecule has 3 rings (SSSR count). The molecule has 1 fully saturated rings. The summed E-state index contributed by atoms with van der Waals surface area (Å²) in [5.41, 5.74) is 0.909. The zero-order chi connectivity index (χ0) is 23.4. The molecule has 1 aliphatic heterocycles. The van der Waals surface area contributed by atoms with Gasteiger partial charge in [-0.05, 0) is 54.8 Å². The molecule has 1 saturated heterocycles. The zero-order valence-corrected chi connectivity index (χ0v) is 17.8. The van der Waals surface area contributed by atoms with Crippen LogP contribution in [-0.2, 0) is 16.6 Å². The van der Waals surface area contributed by atoms with Gasteiger partial charge in [-0.3, -0.25) is 9.69 Å². The van der Waals surface area contributed by atoms with Crippen LogP contribution in [0.5, 0.6) is 0 Å². The molecule has 174 valence electrons. The molecule has 2 aromatic rings. The van der Waals surface area contributed by atoms with Gasteiger partial charge in [0.25, 0.3) is 5.91 Å². The molecular formula is C21H23F4N3O3S. The van der Waals surface area contributed by atoms with E-state index < -0.39 is 28.7 Å². The standard InChI is InChI=1S/C21H23F4N3O3S/c22-17-5-1-15(2-6-17)13-28-11-9-18(10-12-28)27-32(30,31)19-7-3-16(4-8-19)20(29)26-14-21(23,24)25/h1-8,18,27H,9-14H2,(H,26,29). The molecule has 0 radical (unpaired) electrons. The number of hydrogen-bond acceptors (Lipinski definition) is 4. The van der Waals surface area contributed by atoms with E-state index in [4.69, 9.17) is 0 Å². The van der Waals surface area contributed by atoms with Gasteiger partial charge in [-0.2, -0.15) is 13.2 Å². The van der Waals surface area contributed by atoms with Gasteiger partial charge in [0, 0.05) is 31.2 Å². The lowest BCUT2D eigenvalue weighted by molar-refractivity contribution is -0.123. The number of carbonyl (C=O) groups is 1. The fraction of sp³-hybridized carbons (Fsp3) is 0.381. The highest BCUT2D eigenvalue weighted by Crippen LogP contribution is 2.18. The number of likely N-dealkylation sites (tertiary alicyclic amines) is 1. The lowest BCUT2D eigenvalue weighted by atomic mass is 10.1. The zero-order valence-electron chi connectivity index (χ0n) is 17.0. The van der Waals surface area contributed by atoms with Crippen molar-refractivity contribution in [1.29, 1.82) is 0 Å². The molecule has 11 heteroatoms. The minimum Gasteiger partial charge on any atom is -0.343 e. The van der Waals surface area contributed by atoms with Crippen molar-refractivity contribution in [1.82, 2.24) is 14.9 Å². The number of carbonyl (C=O) groups excluding carboxylic acids is 1. The Labute approximate surface area is 183 Å². The SMILES string of the molecule is O=C(NCC(F)(F)F)c1ccc(S(=O)(=O)NC2CCN(Cc3ccc(F)cc3)CC2)cc1. The highest BCUT2D eigenvalue weighted by atomic mass is 32.2. The Morgan fingerprint density at radius 1 is 1.00 bits per heavy atom. The van der Waals surface area contributed by atoms with Crippen LogP contribution in [0.15, 0.2) is 53.4 Å². The van der Waals surface area contributed by atoms with Crippen LogP contribution in [0, 0.1) is 5.82 Å². The Bertz CT molecular complexity index is 1020. The van der Waals surface area contributed by atoms with Crippen molar-refractivity contribution in [2.75, 3.05) is 19.6 Å². The molecule has 0 aliphatic carbocycles. The van der Waals surface area contributed by atoms with Gasteiger partial charge in [0.2, 0.25) is 10.0 Å². The number of hydrogen-bond donors (Lipinski definition) is 2. The van der Waals surface area contributed by atoms with Gasteiger partial charge >= 0.3 is 6.18 Å². The van der Waals surface area contributed by atoms with E-state index in [2.05, 4.69) is 9.62 Å². The first-order valence-electron chi connectivity index (χ1n) is 9.96. The van der Waals surface area contributed by atoms with Crippen LogP contribution >= 0.6 is 0 Å². The van der Waals surface area contributed by atoms with E-state index in [1.165, 1.54) is 36.4 Å². The molecule has 1 amide bonds. The molecule has 0 atom stereocenters. The second-order valence-corrected chi connectivity index (χ2v) is 9.33. The lowest BCUT2D eigenvalue weighted by Gasteiger charge is -2.32. The van der Waals surface area contributed by atoms with E-state index >= 15 is 0 Å². The first-order chi connectivity index (χ1) is 15.0. The highest BCUT2D eigenvalue weighted by Gasteiger charge is 2.28. The smallest absolute Gasteiger partial charge is 0.343 e. The van der Waals surface area contributed by atoms with Gasteiger partial charge < -0.3 is 5.32 Å². The average Bonchev–Trinajstić information content (AvgIpc) is 2.74. The van der Waals surface area contributed by atoms with Crippen LogP contribution in [0.25, 0.3) is 0 Å². The van der Waals surface area contributed by atoms with Crippen molar-refractivity contribution < 1.29 is 30.8 Å². The monoisotopic (exact) mass is 473 g/mol. The number of halogens is 4. The minimum atomic E-state index is -4.53. The fourth-order valence-electron chi connectivity index (χ4n) is 3.41. The maximum atomic E-state index is 13.0. The topological polar surface area (TPSA) is 78.5 Å². The van der Waals surface area contributed by atoms with E-state index in [-0.39, 0.29) is 22.3 Å². The van der Waals surface area contributed by atoms with E-state index in [9.17, 15) is 30.8 Å². The second kappa shape index (κ2) is 9.97. The van der Waals surface area contributed by atoms with Crippen molar-refractivity contribution in [2.24, 2.45) is 0 Å². The summed E-state index contributed by atoms with van der Waals surface area (Å²) in [6.07, 6.45) is -3.34. The summed E-state index contributed by atoms with van der Waals surface area (Å²) in [4.78, 5) is 13.8. The second-order valence-electron chi connectivity index (χ2n) is 7.62. The third-order valence-corrected chi connectivity index (χ3v) is 6.64. The number of piperidine rings is 1. The summed E-state index contributed by atoms with van der Waals surface area (Å²) in [6.45, 7) is 0.524. The number of alkyl halides is 3. The number of nitrogens with zero attached hydrogens (tertiary/aromatic N) is 1. The van der Waals surface area contributed by atoms with Gasteiger partial charge in [0.1, 0.15) is 12.4 Å². The van der Waals surface area contributed by atoms with Gasteiger partial charge in [0.15, 0.2) is 0 Å². The summed E-state index contributed by atoms with van der Waals surface area (Å²) in [6, 6.07) is 10.7. The van der Waals surface area contributed by atoms with E-state index in [1.807, 2.05) is 0 Å². The number of rotatable bonds is 7. The van der Waals surface area contributed by atoms with Crippen LogP contribution < -0.4 is 10.0 Å². The Balaban J connectivity index is 1.51. The predicted molar refractivity (Wildman–Crippen MR) is 110 cm³/mol. The molecule has 32 heavy (non-hydrogen) atoms. The van der Waals surface area contributed by atoms with Gasteiger partial charge in [-0.1, -0.05) is 12.1 Å². The van der Waals surface area contributed by atoms with Crippen molar-refractivity contribution >= 4 is 15.9 Å². The number of nitrogens with one attached hydrogen (secondary N) is 2. The van der Waals surface area contributed by atoms with Crippen molar-refractivity contribution in [3.05, 3.63) is 65.5 Å². The summed E-state index contributed by atoms with van der Waals surface area (Å²) in [7, 11) is -3.84. The molecule has 0 saturated carbocycles. The first kappa shape index (κ1) is 24.1. The normalized spacial score (nSPS) is 16.1. The first-order valence-corrected chi connectivity index (χ1v) is 11.4. The Morgan fingerprint density at radius 3 is 2.16 bits per heavy atom. The van der Waals surface area contributed by atoms with E-state index in [0.29, 0.717) is 32.5 Å². The molecular weight excluding hydrogens is 450 g/mol. The largest absolute Gasteiger partial charge is 0.405 e.